The van der Waals surface area contributed by atoms with Gasteiger partial charge in [0.25, 0.3) is 0 Å². The van der Waals surface area contributed by atoms with E-state index in [4.69, 9.17) is 4.74 Å². The molecule has 0 amide bonds. The standard InChI is InChI=1S/C11H17N3O/c1-2-11(10-12-4-1)3-5-13-14-6-8-15-9-7-14/h1-2,4,10,13H,3,5-9H2. The number of hydrogen-bond donors (Lipinski definition) is 1. The topological polar surface area (TPSA) is 37.4 Å². The van der Waals surface area contributed by atoms with E-state index < -0.39 is 0 Å². The Balaban J connectivity index is 1.66. The molecule has 4 nitrogen and oxygen atoms in total. The Kier molecular flexibility index (Phi) is 4.08. The summed E-state index contributed by atoms with van der Waals surface area (Å²) in [5.74, 6) is 0. The van der Waals surface area contributed by atoms with E-state index in [2.05, 4.69) is 21.5 Å². The van der Waals surface area contributed by atoms with Crippen molar-refractivity contribution in [3.05, 3.63) is 30.1 Å². The lowest BCUT2D eigenvalue weighted by Gasteiger charge is -2.27. The Labute approximate surface area is 90.2 Å². The first kappa shape index (κ1) is 10.5. The van der Waals surface area contributed by atoms with Gasteiger partial charge in [-0.1, -0.05) is 6.07 Å². The van der Waals surface area contributed by atoms with Crippen molar-refractivity contribution in [1.82, 2.24) is 15.4 Å². The molecular weight excluding hydrogens is 190 g/mol. The fourth-order valence-corrected chi connectivity index (χ4v) is 1.63. The second kappa shape index (κ2) is 5.80. The van der Waals surface area contributed by atoms with E-state index in [1.54, 1.807) is 6.20 Å². The van der Waals surface area contributed by atoms with Gasteiger partial charge in [0.05, 0.1) is 13.2 Å². The van der Waals surface area contributed by atoms with Crippen LogP contribution in [0.1, 0.15) is 5.56 Å². The lowest BCUT2D eigenvalue weighted by Crippen LogP contribution is -2.46. The fraction of sp³-hybridized carbons (Fsp3) is 0.545. The van der Waals surface area contributed by atoms with Crippen LogP contribution in [0, 0.1) is 0 Å². The summed E-state index contributed by atoms with van der Waals surface area (Å²) in [6.45, 7) is 4.59. The molecule has 1 aromatic heterocycles. The average Bonchev–Trinajstić information content (AvgIpc) is 2.32. The third kappa shape index (κ3) is 3.58. The molecule has 1 aromatic rings. The van der Waals surface area contributed by atoms with Crippen LogP contribution in [0.25, 0.3) is 0 Å². The van der Waals surface area contributed by atoms with Gasteiger partial charge in [0.2, 0.25) is 0 Å². The molecule has 1 fully saturated rings. The molecule has 0 radical (unpaired) electrons. The zero-order valence-corrected chi connectivity index (χ0v) is 8.85. The van der Waals surface area contributed by atoms with Crippen LogP contribution in [0.15, 0.2) is 24.5 Å². The van der Waals surface area contributed by atoms with Gasteiger partial charge in [0.1, 0.15) is 0 Å². The van der Waals surface area contributed by atoms with Gasteiger partial charge in [-0.25, -0.2) is 5.01 Å². The second-order valence-electron chi connectivity index (χ2n) is 3.62. The molecule has 0 spiro atoms. The largest absolute Gasteiger partial charge is 0.379 e. The zero-order valence-electron chi connectivity index (χ0n) is 8.85. The molecular formula is C11H17N3O. The summed E-state index contributed by atoms with van der Waals surface area (Å²) in [5.41, 5.74) is 4.67. The maximum atomic E-state index is 5.27. The van der Waals surface area contributed by atoms with E-state index in [1.807, 2.05) is 12.3 Å². The summed E-state index contributed by atoms with van der Waals surface area (Å²) in [4.78, 5) is 4.09. The number of ether oxygens (including phenoxy) is 1. The number of morpholine rings is 1. The van der Waals surface area contributed by atoms with Crippen LogP contribution in [0.5, 0.6) is 0 Å². The monoisotopic (exact) mass is 207 g/mol. The highest BCUT2D eigenvalue weighted by atomic mass is 16.5. The van der Waals surface area contributed by atoms with Crippen molar-refractivity contribution in [2.45, 2.75) is 6.42 Å². The van der Waals surface area contributed by atoms with Crippen LogP contribution in [-0.4, -0.2) is 42.8 Å². The van der Waals surface area contributed by atoms with Crippen molar-refractivity contribution >= 4 is 0 Å². The van der Waals surface area contributed by atoms with Gasteiger partial charge >= 0.3 is 0 Å². The number of hydrogen-bond acceptors (Lipinski definition) is 4. The van der Waals surface area contributed by atoms with Crippen LogP contribution in [0.2, 0.25) is 0 Å². The first-order valence-electron chi connectivity index (χ1n) is 5.40. The Hall–Kier alpha value is -0.970. The van der Waals surface area contributed by atoms with E-state index in [1.165, 1.54) is 5.56 Å². The van der Waals surface area contributed by atoms with Gasteiger partial charge in [-0.3, -0.25) is 10.4 Å². The molecule has 1 aliphatic heterocycles. The first-order valence-corrected chi connectivity index (χ1v) is 5.40. The van der Waals surface area contributed by atoms with E-state index in [9.17, 15) is 0 Å². The summed E-state index contributed by atoms with van der Waals surface area (Å²) in [5, 5.41) is 2.22. The summed E-state index contributed by atoms with van der Waals surface area (Å²) < 4.78 is 5.27. The van der Waals surface area contributed by atoms with Crippen molar-refractivity contribution in [3.8, 4) is 0 Å². The summed E-state index contributed by atoms with van der Waals surface area (Å²) in [7, 11) is 0. The number of nitrogens with zero attached hydrogens (tertiary/aromatic N) is 2. The molecule has 82 valence electrons. The Morgan fingerprint density at radius 2 is 2.27 bits per heavy atom. The Bertz CT molecular complexity index is 272. The van der Waals surface area contributed by atoms with Crippen molar-refractivity contribution in [3.63, 3.8) is 0 Å². The maximum Gasteiger partial charge on any atom is 0.0608 e. The smallest absolute Gasteiger partial charge is 0.0608 e. The third-order valence-electron chi connectivity index (χ3n) is 2.48. The summed E-state index contributed by atoms with van der Waals surface area (Å²) in [6, 6.07) is 4.08. The predicted octanol–water partition coefficient (Wildman–Crippen LogP) is 0.461. The summed E-state index contributed by atoms with van der Waals surface area (Å²) in [6.07, 6.45) is 4.74. The van der Waals surface area contributed by atoms with Crippen molar-refractivity contribution in [2.75, 3.05) is 32.8 Å². The Morgan fingerprint density at radius 1 is 1.40 bits per heavy atom. The van der Waals surface area contributed by atoms with Gasteiger partial charge in [0.15, 0.2) is 0 Å². The predicted molar refractivity (Wildman–Crippen MR) is 58.3 cm³/mol. The molecule has 0 aliphatic carbocycles. The van der Waals surface area contributed by atoms with Crippen LogP contribution < -0.4 is 5.43 Å². The fourth-order valence-electron chi connectivity index (χ4n) is 1.63. The van der Waals surface area contributed by atoms with Crippen LogP contribution in [0.3, 0.4) is 0 Å². The minimum absolute atomic E-state index is 0.833. The lowest BCUT2D eigenvalue weighted by molar-refractivity contribution is 0.0123. The normalized spacial score (nSPS) is 17.9. The van der Waals surface area contributed by atoms with Crippen LogP contribution in [-0.2, 0) is 11.2 Å². The van der Waals surface area contributed by atoms with Crippen LogP contribution >= 0.6 is 0 Å². The number of aromatic nitrogens is 1. The van der Waals surface area contributed by atoms with Gasteiger partial charge in [-0.15, -0.1) is 0 Å². The number of pyridine rings is 1. The molecule has 0 atom stereocenters. The molecule has 0 bridgehead atoms. The number of rotatable bonds is 4. The molecule has 15 heavy (non-hydrogen) atoms. The minimum atomic E-state index is 0.833. The highest BCUT2D eigenvalue weighted by Gasteiger charge is 2.08. The van der Waals surface area contributed by atoms with Gasteiger partial charge < -0.3 is 4.74 Å². The minimum Gasteiger partial charge on any atom is -0.379 e. The molecule has 2 rings (SSSR count). The SMILES string of the molecule is c1cncc(CCNN2CCOCC2)c1. The van der Waals surface area contributed by atoms with E-state index in [0.717, 1.165) is 39.3 Å². The van der Waals surface area contributed by atoms with Gasteiger partial charge in [-0.2, -0.15) is 0 Å². The molecule has 1 saturated heterocycles. The summed E-state index contributed by atoms with van der Waals surface area (Å²) >= 11 is 0. The zero-order chi connectivity index (χ0) is 10.3. The lowest BCUT2D eigenvalue weighted by atomic mass is 10.2. The molecule has 4 heteroatoms. The van der Waals surface area contributed by atoms with Crippen molar-refractivity contribution in [1.29, 1.82) is 0 Å². The highest BCUT2D eigenvalue weighted by molar-refractivity contribution is 5.08. The second-order valence-corrected chi connectivity index (χ2v) is 3.62. The van der Waals surface area contributed by atoms with Crippen molar-refractivity contribution in [2.24, 2.45) is 0 Å². The number of hydrazine groups is 1. The quantitative estimate of drug-likeness (QED) is 0.778. The van der Waals surface area contributed by atoms with Gasteiger partial charge in [0, 0.05) is 32.0 Å². The molecule has 0 unspecified atom stereocenters. The van der Waals surface area contributed by atoms with E-state index >= 15 is 0 Å². The third-order valence-corrected chi connectivity index (χ3v) is 2.48. The van der Waals surface area contributed by atoms with Crippen molar-refractivity contribution < 1.29 is 4.74 Å². The number of nitrogens with one attached hydrogen (secondary N) is 1. The molecule has 0 aromatic carbocycles. The highest BCUT2D eigenvalue weighted by Crippen LogP contribution is 1.97. The average molecular weight is 207 g/mol. The van der Waals surface area contributed by atoms with Gasteiger partial charge in [-0.05, 0) is 18.1 Å². The molecule has 1 aliphatic rings. The van der Waals surface area contributed by atoms with E-state index in [-0.39, 0.29) is 0 Å². The first-order chi connectivity index (χ1) is 7.45. The maximum absolute atomic E-state index is 5.27. The Morgan fingerprint density at radius 3 is 3.00 bits per heavy atom. The van der Waals surface area contributed by atoms with E-state index in [0.29, 0.717) is 0 Å². The molecule has 2 heterocycles. The molecule has 1 N–H and O–H groups in total. The molecule has 0 saturated carbocycles. The van der Waals surface area contributed by atoms with Crippen LogP contribution in [0.4, 0.5) is 0 Å².